The Hall–Kier alpha value is -2.94. The molecule has 4 aromatic rings. The zero-order valence-electron chi connectivity index (χ0n) is 13.9. The van der Waals surface area contributed by atoms with Crippen LogP contribution in [0.1, 0.15) is 5.56 Å². The zero-order valence-corrected chi connectivity index (χ0v) is 15.5. The Morgan fingerprint density at radius 2 is 1.88 bits per heavy atom. The lowest BCUT2D eigenvalue weighted by atomic mass is 10.1. The van der Waals surface area contributed by atoms with Gasteiger partial charge in [-0.2, -0.15) is 0 Å². The van der Waals surface area contributed by atoms with Crippen LogP contribution in [0.4, 0.5) is 0 Å². The number of halogens is 1. The fourth-order valence-corrected chi connectivity index (χ4v) is 3.43. The van der Waals surface area contributed by atoms with E-state index in [0.717, 1.165) is 14.4 Å². The monoisotopic (exact) mass is 416 g/mol. The number of aromatic nitrogens is 4. The minimum atomic E-state index is -0.468. The third kappa shape index (κ3) is 2.43. The maximum absolute atomic E-state index is 12.3. The lowest BCUT2D eigenvalue weighted by Crippen LogP contribution is -2.37. The van der Waals surface area contributed by atoms with Crippen LogP contribution in [0.25, 0.3) is 22.1 Å². The predicted molar refractivity (Wildman–Crippen MR) is 99.5 cm³/mol. The van der Waals surface area contributed by atoms with Crippen LogP contribution in [0.2, 0.25) is 0 Å². The molecule has 0 saturated heterocycles. The summed E-state index contributed by atoms with van der Waals surface area (Å²) in [4.78, 5) is 40.6. The van der Waals surface area contributed by atoms with Gasteiger partial charge in [-0.25, -0.2) is 14.6 Å². The second-order valence-electron chi connectivity index (χ2n) is 5.98. The largest absolute Gasteiger partial charge is 0.423 e. The zero-order chi connectivity index (χ0) is 18.6. The smallest absolute Gasteiger partial charge is 0.336 e. The van der Waals surface area contributed by atoms with Gasteiger partial charge in [0.2, 0.25) is 0 Å². The molecular formula is C17H13BrN4O4. The van der Waals surface area contributed by atoms with Gasteiger partial charge in [0.05, 0.1) is 12.9 Å². The first-order valence-electron chi connectivity index (χ1n) is 7.70. The van der Waals surface area contributed by atoms with Gasteiger partial charge in [-0.1, -0.05) is 15.9 Å². The molecule has 0 saturated carbocycles. The van der Waals surface area contributed by atoms with E-state index in [2.05, 4.69) is 20.9 Å². The second-order valence-corrected chi connectivity index (χ2v) is 6.90. The van der Waals surface area contributed by atoms with Crippen molar-refractivity contribution in [3.63, 3.8) is 0 Å². The maximum Gasteiger partial charge on any atom is 0.336 e. The number of aryl methyl sites for hydroxylation is 1. The summed E-state index contributed by atoms with van der Waals surface area (Å²) < 4.78 is 10.1. The van der Waals surface area contributed by atoms with Crippen molar-refractivity contribution in [1.82, 2.24) is 18.7 Å². The molecule has 4 rings (SSSR count). The van der Waals surface area contributed by atoms with Crippen LogP contribution in [0, 0.1) is 0 Å². The molecule has 1 aromatic carbocycles. The fraction of sp³-hybridized carbons (Fsp3) is 0.176. The Labute approximate surface area is 154 Å². The van der Waals surface area contributed by atoms with Crippen molar-refractivity contribution in [2.24, 2.45) is 14.1 Å². The number of hydrogen-bond donors (Lipinski definition) is 0. The standard InChI is InChI=1S/C17H13BrN4O4/c1-20-15-14(16(24)21(2)17(20)25)19-8-22(15)7-9-5-13(23)26-12-4-3-10(18)6-11(9)12/h3-6,8H,7H2,1-2H3. The highest BCUT2D eigenvalue weighted by Gasteiger charge is 2.15. The van der Waals surface area contributed by atoms with E-state index < -0.39 is 16.9 Å². The Morgan fingerprint density at radius 1 is 1.12 bits per heavy atom. The van der Waals surface area contributed by atoms with E-state index in [9.17, 15) is 14.4 Å². The first-order valence-corrected chi connectivity index (χ1v) is 8.49. The van der Waals surface area contributed by atoms with Gasteiger partial charge in [0.15, 0.2) is 5.52 Å². The molecule has 3 heterocycles. The molecule has 0 radical (unpaired) electrons. The summed E-state index contributed by atoms with van der Waals surface area (Å²) in [5, 5.41) is 0.759. The molecule has 0 spiro atoms. The molecule has 0 aliphatic carbocycles. The summed E-state index contributed by atoms with van der Waals surface area (Å²) in [5.41, 5.74) is 0.392. The average Bonchev–Trinajstić information content (AvgIpc) is 3.02. The normalized spacial score (nSPS) is 11.5. The molecule has 0 aliphatic rings. The molecule has 9 heteroatoms. The van der Waals surface area contributed by atoms with E-state index in [4.69, 9.17) is 4.42 Å². The Kier molecular flexibility index (Phi) is 3.69. The Balaban J connectivity index is 1.99. The van der Waals surface area contributed by atoms with E-state index in [-0.39, 0.29) is 12.1 Å². The summed E-state index contributed by atoms with van der Waals surface area (Å²) in [6.07, 6.45) is 1.49. The third-order valence-corrected chi connectivity index (χ3v) is 4.83. The average molecular weight is 417 g/mol. The van der Waals surface area contributed by atoms with E-state index >= 15 is 0 Å². The van der Waals surface area contributed by atoms with Crippen LogP contribution in [-0.4, -0.2) is 18.7 Å². The Bertz CT molecular complexity index is 1360. The summed E-state index contributed by atoms with van der Waals surface area (Å²) in [6.45, 7) is 0.259. The molecule has 0 bridgehead atoms. The van der Waals surface area contributed by atoms with E-state index in [1.807, 2.05) is 6.07 Å². The third-order valence-electron chi connectivity index (χ3n) is 4.34. The summed E-state index contributed by atoms with van der Waals surface area (Å²) >= 11 is 3.41. The number of benzene rings is 1. The highest BCUT2D eigenvalue weighted by Crippen LogP contribution is 2.23. The Morgan fingerprint density at radius 3 is 2.65 bits per heavy atom. The van der Waals surface area contributed by atoms with Gasteiger partial charge >= 0.3 is 11.3 Å². The van der Waals surface area contributed by atoms with Crippen LogP contribution < -0.4 is 16.9 Å². The number of rotatable bonds is 2. The van der Waals surface area contributed by atoms with Crippen molar-refractivity contribution < 1.29 is 4.42 Å². The molecule has 26 heavy (non-hydrogen) atoms. The molecule has 3 aromatic heterocycles. The van der Waals surface area contributed by atoms with Crippen LogP contribution in [0.15, 0.2) is 53.9 Å². The number of fused-ring (bicyclic) bond motifs is 2. The van der Waals surface area contributed by atoms with Gasteiger partial charge in [-0.3, -0.25) is 13.9 Å². The van der Waals surface area contributed by atoms with Gasteiger partial charge in [-0.05, 0) is 23.8 Å². The van der Waals surface area contributed by atoms with Crippen molar-refractivity contribution >= 4 is 38.1 Å². The number of imidazole rings is 1. The minimum absolute atomic E-state index is 0.197. The lowest BCUT2D eigenvalue weighted by molar-refractivity contribution is 0.557. The van der Waals surface area contributed by atoms with Crippen molar-refractivity contribution in [3.8, 4) is 0 Å². The quantitative estimate of drug-likeness (QED) is 0.460. The first-order chi connectivity index (χ1) is 12.4. The molecule has 8 nitrogen and oxygen atoms in total. The van der Waals surface area contributed by atoms with Gasteiger partial charge < -0.3 is 8.98 Å². The summed E-state index contributed by atoms with van der Waals surface area (Å²) in [6, 6.07) is 6.75. The van der Waals surface area contributed by atoms with Gasteiger partial charge in [0.1, 0.15) is 11.2 Å². The van der Waals surface area contributed by atoms with Crippen molar-refractivity contribution in [2.75, 3.05) is 0 Å². The van der Waals surface area contributed by atoms with Crippen LogP contribution >= 0.6 is 15.9 Å². The number of hydrogen-bond acceptors (Lipinski definition) is 5. The predicted octanol–water partition coefficient (Wildman–Crippen LogP) is 1.35. The van der Waals surface area contributed by atoms with Gasteiger partial charge in [-0.15, -0.1) is 0 Å². The molecule has 0 atom stereocenters. The molecule has 0 aliphatic heterocycles. The van der Waals surface area contributed by atoms with Crippen molar-refractivity contribution in [2.45, 2.75) is 6.54 Å². The van der Waals surface area contributed by atoms with Gasteiger partial charge in [0, 0.05) is 30.0 Å². The fourth-order valence-electron chi connectivity index (χ4n) is 3.07. The van der Waals surface area contributed by atoms with E-state index in [1.165, 1.54) is 24.0 Å². The van der Waals surface area contributed by atoms with E-state index in [0.29, 0.717) is 16.8 Å². The van der Waals surface area contributed by atoms with E-state index in [1.54, 1.807) is 23.7 Å². The molecule has 132 valence electrons. The summed E-state index contributed by atoms with van der Waals surface area (Å²) in [5.74, 6) is 0. The second kappa shape index (κ2) is 5.80. The molecule has 0 unspecified atom stereocenters. The lowest BCUT2D eigenvalue weighted by Gasteiger charge is -2.10. The minimum Gasteiger partial charge on any atom is -0.423 e. The maximum atomic E-state index is 12.3. The molecule has 0 fully saturated rings. The molecule has 0 N–H and O–H groups in total. The topological polar surface area (TPSA) is 92.0 Å². The number of nitrogens with zero attached hydrogens (tertiary/aromatic N) is 4. The molecular weight excluding hydrogens is 404 g/mol. The SMILES string of the molecule is Cn1c(=O)c2ncn(Cc3cc(=O)oc4ccc(Br)cc34)c2n(C)c1=O. The van der Waals surface area contributed by atoms with Crippen LogP contribution in [-0.2, 0) is 20.6 Å². The van der Waals surface area contributed by atoms with Crippen LogP contribution in [0.5, 0.6) is 0 Å². The summed E-state index contributed by atoms with van der Waals surface area (Å²) in [7, 11) is 2.99. The molecule has 0 amide bonds. The van der Waals surface area contributed by atoms with Crippen LogP contribution in [0.3, 0.4) is 0 Å². The first kappa shape index (κ1) is 16.5. The highest BCUT2D eigenvalue weighted by atomic mass is 79.9. The highest BCUT2D eigenvalue weighted by molar-refractivity contribution is 9.10. The van der Waals surface area contributed by atoms with Gasteiger partial charge in [0.25, 0.3) is 5.56 Å². The van der Waals surface area contributed by atoms with Crippen molar-refractivity contribution in [1.29, 1.82) is 0 Å². The van der Waals surface area contributed by atoms with Crippen molar-refractivity contribution in [3.05, 3.63) is 71.9 Å².